The number of benzene rings is 1. The zero-order valence-corrected chi connectivity index (χ0v) is 10.1. The molecule has 3 nitrogen and oxygen atoms in total. The minimum absolute atomic E-state index is 0.258. The van der Waals surface area contributed by atoms with Crippen LogP contribution in [0.1, 0.15) is 16.1 Å². The van der Waals surface area contributed by atoms with Gasteiger partial charge in [-0.15, -0.1) is 6.42 Å². The van der Waals surface area contributed by atoms with Gasteiger partial charge in [-0.05, 0) is 30.3 Å². The number of aromatic nitrogens is 1. The molecule has 2 rings (SSSR count). The molecule has 0 atom stereocenters. The summed E-state index contributed by atoms with van der Waals surface area (Å²) >= 11 is 5.79. The first-order valence-electron chi connectivity index (χ1n) is 5.18. The van der Waals surface area contributed by atoms with Gasteiger partial charge < -0.3 is 5.32 Å². The van der Waals surface area contributed by atoms with Crippen LogP contribution in [-0.2, 0) is 0 Å². The number of amides is 1. The third-order valence-electron chi connectivity index (χ3n) is 2.24. The molecular weight excluding hydrogens is 248 g/mol. The van der Waals surface area contributed by atoms with Gasteiger partial charge in [-0.1, -0.05) is 23.6 Å². The number of carbonyl (C=O) groups is 1. The van der Waals surface area contributed by atoms with Gasteiger partial charge in [0.25, 0.3) is 5.91 Å². The molecule has 0 radical (unpaired) electrons. The van der Waals surface area contributed by atoms with Gasteiger partial charge in [0.15, 0.2) is 0 Å². The third kappa shape index (κ3) is 2.88. The second-order valence-electron chi connectivity index (χ2n) is 3.54. The Hall–Kier alpha value is -2.31. The highest BCUT2D eigenvalue weighted by atomic mass is 35.5. The lowest BCUT2D eigenvalue weighted by atomic mass is 10.2. The Labute approximate surface area is 110 Å². The highest BCUT2D eigenvalue weighted by molar-refractivity contribution is 6.30. The molecular formula is C14H9ClN2O. The maximum Gasteiger partial charge on any atom is 0.274 e. The van der Waals surface area contributed by atoms with Crippen molar-refractivity contribution in [3.8, 4) is 12.3 Å². The van der Waals surface area contributed by atoms with Gasteiger partial charge in [-0.25, -0.2) is 0 Å². The summed E-state index contributed by atoms with van der Waals surface area (Å²) in [6, 6.07) is 10.1. The number of nitrogens with zero attached hydrogens (tertiary/aromatic N) is 1. The Kier molecular flexibility index (Phi) is 3.61. The van der Waals surface area contributed by atoms with Crippen molar-refractivity contribution in [2.45, 2.75) is 0 Å². The molecule has 1 N–H and O–H groups in total. The number of terminal acetylenes is 1. The zero-order valence-electron chi connectivity index (χ0n) is 9.35. The average Bonchev–Trinajstić information content (AvgIpc) is 2.39. The van der Waals surface area contributed by atoms with Crippen LogP contribution in [0.4, 0.5) is 5.69 Å². The Morgan fingerprint density at radius 2 is 2.17 bits per heavy atom. The van der Waals surface area contributed by atoms with Crippen molar-refractivity contribution in [3.63, 3.8) is 0 Å². The number of halogens is 1. The summed E-state index contributed by atoms with van der Waals surface area (Å²) in [5.74, 6) is 2.17. The second-order valence-corrected chi connectivity index (χ2v) is 3.98. The van der Waals surface area contributed by atoms with Crippen LogP contribution in [0.15, 0.2) is 42.6 Å². The average molecular weight is 257 g/mol. The monoisotopic (exact) mass is 256 g/mol. The molecule has 0 aliphatic carbocycles. The number of anilines is 1. The van der Waals surface area contributed by atoms with Crippen LogP contribution in [0.2, 0.25) is 5.02 Å². The highest BCUT2D eigenvalue weighted by Gasteiger charge is 2.07. The van der Waals surface area contributed by atoms with Gasteiger partial charge in [0, 0.05) is 22.5 Å². The number of hydrogen-bond donors (Lipinski definition) is 1. The summed E-state index contributed by atoms with van der Waals surface area (Å²) < 4.78 is 0. The van der Waals surface area contributed by atoms with Crippen LogP contribution in [-0.4, -0.2) is 10.9 Å². The van der Waals surface area contributed by atoms with Gasteiger partial charge in [0.2, 0.25) is 0 Å². The van der Waals surface area contributed by atoms with Crippen molar-refractivity contribution in [1.29, 1.82) is 0 Å². The Morgan fingerprint density at radius 1 is 1.33 bits per heavy atom. The first-order chi connectivity index (χ1) is 8.69. The number of hydrogen-bond acceptors (Lipinski definition) is 2. The quantitative estimate of drug-likeness (QED) is 0.840. The van der Waals surface area contributed by atoms with E-state index in [1.807, 2.05) is 0 Å². The summed E-state index contributed by atoms with van der Waals surface area (Å²) in [4.78, 5) is 15.8. The summed E-state index contributed by atoms with van der Waals surface area (Å²) in [7, 11) is 0. The number of carbonyl (C=O) groups excluding carboxylic acids is 1. The maximum atomic E-state index is 11.9. The Balaban J connectivity index is 2.19. The molecule has 0 aliphatic rings. The molecule has 0 saturated heterocycles. The fraction of sp³-hybridized carbons (Fsp3) is 0. The smallest absolute Gasteiger partial charge is 0.274 e. The lowest BCUT2D eigenvalue weighted by Crippen LogP contribution is -2.13. The van der Waals surface area contributed by atoms with E-state index in [-0.39, 0.29) is 11.6 Å². The molecule has 1 amide bonds. The molecule has 0 aliphatic heterocycles. The van der Waals surface area contributed by atoms with Gasteiger partial charge in [-0.2, -0.15) is 0 Å². The first-order valence-corrected chi connectivity index (χ1v) is 5.56. The van der Waals surface area contributed by atoms with E-state index in [2.05, 4.69) is 16.2 Å². The van der Waals surface area contributed by atoms with Crippen LogP contribution in [0.5, 0.6) is 0 Å². The van der Waals surface area contributed by atoms with E-state index >= 15 is 0 Å². The van der Waals surface area contributed by atoms with E-state index in [0.29, 0.717) is 16.3 Å². The largest absolute Gasteiger partial charge is 0.321 e. The van der Waals surface area contributed by atoms with Crippen LogP contribution < -0.4 is 5.32 Å². The number of pyridine rings is 1. The minimum atomic E-state index is -0.327. The second kappa shape index (κ2) is 5.35. The van der Waals surface area contributed by atoms with E-state index in [4.69, 9.17) is 18.0 Å². The molecule has 2 aromatic rings. The molecule has 18 heavy (non-hydrogen) atoms. The van der Waals surface area contributed by atoms with Crippen molar-refractivity contribution < 1.29 is 4.79 Å². The maximum absolute atomic E-state index is 11.9. The molecule has 0 unspecified atom stereocenters. The standard InChI is InChI=1S/C14H9ClN2O/c1-2-10-4-3-5-12(8-10)17-14(18)13-9-11(15)6-7-16-13/h1,3-9H,(H,17,18). The van der Waals surface area contributed by atoms with Gasteiger partial charge in [0.05, 0.1) is 0 Å². The lowest BCUT2D eigenvalue weighted by Gasteiger charge is -2.05. The van der Waals surface area contributed by atoms with Crippen LogP contribution in [0.25, 0.3) is 0 Å². The highest BCUT2D eigenvalue weighted by Crippen LogP contribution is 2.13. The summed E-state index contributed by atoms with van der Waals surface area (Å²) in [6.45, 7) is 0. The van der Waals surface area contributed by atoms with Crippen molar-refractivity contribution in [3.05, 3.63) is 58.9 Å². The molecule has 0 bridgehead atoms. The van der Waals surface area contributed by atoms with Crippen molar-refractivity contribution in [2.24, 2.45) is 0 Å². The molecule has 4 heteroatoms. The summed E-state index contributed by atoms with van der Waals surface area (Å²) in [5, 5.41) is 3.17. The van der Waals surface area contributed by atoms with E-state index in [9.17, 15) is 4.79 Å². The number of nitrogens with one attached hydrogen (secondary N) is 1. The van der Waals surface area contributed by atoms with Crippen molar-refractivity contribution in [1.82, 2.24) is 4.98 Å². The Morgan fingerprint density at radius 3 is 2.89 bits per heavy atom. The summed E-state index contributed by atoms with van der Waals surface area (Å²) in [6.07, 6.45) is 6.77. The molecule has 88 valence electrons. The van der Waals surface area contributed by atoms with Crippen molar-refractivity contribution in [2.75, 3.05) is 5.32 Å². The molecule has 0 spiro atoms. The van der Waals surface area contributed by atoms with E-state index in [0.717, 1.165) is 0 Å². The topological polar surface area (TPSA) is 42.0 Å². The first kappa shape index (κ1) is 12.2. The van der Waals surface area contributed by atoms with Crippen LogP contribution in [0, 0.1) is 12.3 Å². The van der Waals surface area contributed by atoms with Crippen LogP contribution in [0.3, 0.4) is 0 Å². The fourth-order valence-corrected chi connectivity index (χ4v) is 1.57. The van der Waals surface area contributed by atoms with E-state index in [1.165, 1.54) is 12.3 Å². The lowest BCUT2D eigenvalue weighted by molar-refractivity contribution is 0.102. The SMILES string of the molecule is C#Cc1cccc(NC(=O)c2cc(Cl)ccn2)c1. The molecule has 1 aromatic heterocycles. The van der Waals surface area contributed by atoms with E-state index < -0.39 is 0 Å². The van der Waals surface area contributed by atoms with E-state index in [1.54, 1.807) is 30.3 Å². The van der Waals surface area contributed by atoms with Crippen molar-refractivity contribution >= 4 is 23.2 Å². The van der Waals surface area contributed by atoms with Crippen LogP contribution >= 0.6 is 11.6 Å². The third-order valence-corrected chi connectivity index (χ3v) is 2.48. The van der Waals surface area contributed by atoms with Gasteiger partial charge >= 0.3 is 0 Å². The molecule has 0 saturated carbocycles. The minimum Gasteiger partial charge on any atom is -0.321 e. The number of rotatable bonds is 2. The Bertz CT molecular complexity index is 632. The predicted octanol–water partition coefficient (Wildman–Crippen LogP) is 2.97. The summed E-state index contributed by atoms with van der Waals surface area (Å²) in [5.41, 5.74) is 1.58. The molecule has 1 heterocycles. The zero-order chi connectivity index (χ0) is 13.0. The molecule has 0 fully saturated rings. The molecule has 1 aromatic carbocycles. The predicted molar refractivity (Wildman–Crippen MR) is 71.6 cm³/mol. The normalized spacial score (nSPS) is 9.56. The van der Waals surface area contributed by atoms with Gasteiger partial charge in [-0.3, -0.25) is 9.78 Å². The fourth-order valence-electron chi connectivity index (χ4n) is 1.41. The van der Waals surface area contributed by atoms with Gasteiger partial charge in [0.1, 0.15) is 5.69 Å².